The highest BCUT2D eigenvalue weighted by molar-refractivity contribution is 6.32. The molecular weight excluding hydrogens is 370 g/mol. The second-order valence-electron chi connectivity index (χ2n) is 5.68. The highest BCUT2D eigenvalue weighted by Crippen LogP contribution is 2.22. The fourth-order valence-electron chi connectivity index (χ4n) is 2.30. The number of hydrogen-bond donors (Lipinski definition) is 3. The lowest BCUT2D eigenvalue weighted by molar-refractivity contribution is -0.130. The van der Waals surface area contributed by atoms with Crippen LogP contribution in [0.3, 0.4) is 0 Å². The van der Waals surface area contributed by atoms with Crippen molar-refractivity contribution in [2.75, 3.05) is 6.61 Å². The van der Waals surface area contributed by atoms with E-state index in [0.717, 1.165) is 5.56 Å². The molecule has 0 aliphatic carbocycles. The number of nitrogens with one attached hydrogen (secondary N) is 3. The first-order valence-corrected chi connectivity index (χ1v) is 8.60. The number of hydrogen-bond acceptors (Lipinski definition) is 4. The van der Waals surface area contributed by atoms with Crippen molar-refractivity contribution in [3.63, 3.8) is 0 Å². The third-order valence-corrected chi connectivity index (χ3v) is 3.82. The molecule has 3 amide bonds. The molecule has 0 heterocycles. The molecule has 0 fully saturated rings. The van der Waals surface area contributed by atoms with Crippen LogP contribution in [-0.4, -0.2) is 24.3 Å². The van der Waals surface area contributed by atoms with Crippen molar-refractivity contribution in [1.82, 2.24) is 16.2 Å². The van der Waals surface area contributed by atoms with E-state index in [1.807, 2.05) is 30.3 Å². The molecule has 0 saturated carbocycles. The number of para-hydroxylation sites is 1. The maximum absolute atomic E-state index is 12.1. The minimum atomic E-state index is -0.543. The number of halogens is 1. The van der Waals surface area contributed by atoms with Crippen molar-refractivity contribution in [3.05, 3.63) is 65.2 Å². The first kappa shape index (κ1) is 20.3. The monoisotopic (exact) mass is 389 g/mol. The first-order valence-electron chi connectivity index (χ1n) is 8.22. The van der Waals surface area contributed by atoms with E-state index in [-0.39, 0.29) is 18.9 Å². The number of carbonyl (C=O) groups is 3. The SMILES string of the molecule is CC(=O)N[C@H](CC(=O)NNC(=O)COc1ccccc1Cl)c1ccccc1. The van der Waals surface area contributed by atoms with Crippen LogP contribution < -0.4 is 20.9 Å². The minimum absolute atomic E-state index is 0.0325. The van der Waals surface area contributed by atoms with Crippen LogP contribution in [0.1, 0.15) is 24.9 Å². The van der Waals surface area contributed by atoms with Gasteiger partial charge in [0, 0.05) is 6.92 Å². The lowest BCUT2D eigenvalue weighted by atomic mass is 10.0. The summed E-state index contributed by atoms with van der Waals surface area (Å²) in [4.78, 5) is 35.3. The van der Waals surface area contributed by atoms with E-state index in [0.29, 0.717) is 10.8 Å². The molecule has 3 N–H and O–H groups in total. The Labute approximate surface area is 162 Å². The average molecular weight is 390 g/mol. The molecule has 0 unspecified atom stereocenters. The smallest absolute Gasteiger partial charge is 0.276 e. The summed E-state index contributed by atoms with van der Waals surface area (Å²) in [5.74, 6) is -0.882. The molecule has 0 aliphatic rings. The molecule has 0 bridgehead atoms. The molecular formula is C19H20ClN3O4. The van der Waals surface area contributed by atoms with Gasteiger partial charge >= 0.3 is 0 Å². The van der Waals surface area contributed by atoms with Gasteiger partial charge < -0.3 is 10.1 Å². The van der Waals surface area contributed by atoms with Gasteiger partial charge in [-0.1, -0.05) is 54.1 Å². The topological polar surface area (TPSA) is 96.5 Å². The summed E-state index contributed by atoms with van der Waals surface area (Å²) in [5, 5.41) is 3.10. The van der Waals surface area contributed by atoms with Gasteiger partial charge in [0.15, 0.2) is 6.61 Å². The number of benzene rings is 2. The summed E-state index contributed by atoms with van der Waals surface area (Å²) in [6.07, 6.45) is -0.0325. The lowest BCUT2D eigenvalue weighted by Gasteiger charge is -2.18. The Morgan fingerprint density at radius 2 is 1.59 bits per heavy atom. The molecule has 2 aromatic carbocycles. The Morgan fingerprint density at radius 1 is 0.963 bits per heavy atom. The van der Waals surface area contributed by atoms with Crippen LogP contribution in [-0.2, 0) is 14.4 Å². The van der Waals surface area contributed by atoms with E-state index in [1.54, 1.807) is 24.3 Å². The van der Waals surface area contributed by atoms with Gasteiger partial charge in [0.05, 0.1) is 17.5 Å². The van der Waals surface area contributed by atoms with Crippen molar-refractivity contribution < 1.29 is 19.1 Å². The maximum Gasteiger partial charge on any atom is 0.276 e. The molecule has 142 valence electrons. The van der Waals surface area contributed by atoms with Crippen molar-refractivity contribution in [2.24, 2.45) is 0 Å². The normalized spacial score (nSPS) is 11.2. The van der Waals surface area contributed by atoms with Gasteiger partial charge in [-0.3, -0.25) is 25.2 Å². The Hall–Kier alpha value is -3.06. The zero-order valence-corrected chi connectivity index (χ0v) is 15.5. The van der Waals surface area contributed by atoms with Gasteiger partial charge in [-0.25, -0.2) is 0 Å². The molecule has 27 heavy (non-hydrogen) atoms. The molecule has 2 rings (SSSR count). The Bertz CT molecular complexity index is 799. The summed E-state index contributed by atoms with van der Waals surface area (Å²) in [6, 6.07) is 15.3. The van der Waals surface area contributed by atoms with Crippen molar-refractivity contribution in [2.45, 2.75) is 19.4 Å². The summed E-state index contributed by atoms with van der Waals surface area (Å²) < 4.78 is 5.28. The summed E-state index contributed by atoms with van der Waals surface area (Å²) in [7, 11) is 0. The molecule has 0 saturated heterocycles. The third kappa shape index (κ3) is 6.99. The van der Waals surface area contributed by atoms with Gasteiger partial charge in [-0.2, -0.15) is 0 Å². The fraction of sp³-hybridized carbons (Fsp3) is 0.211. The largest absolute Gasteiger partial charge is 0.482 e. The predicted octanol–water partition coefficient (Wildman–Crippen LogP) is 2.13. The number of ether oxygens (including phenoxy) is 1. The summed E-state index contributed by atoms with van der Waals surface area (Å²) >= 11 is 5.93. The third-order valence-electron chi connectivity index (χ3n) is 3.51. The highest BCUT2D eigenvalue weighted by Gasteiger charge is 2.17. The average Bonchev–Trinajstić information content (AvgIpc) is 2.65. The van der Waals surface area contributed by atoms with E-state index in [4.69, 9.17) is 16.3 Å². The quantitative estimate of drug-likeness (QED) is 0.632. The second-order valence-corrected chi connectivity index (χ2v) is 6.09. The van der Waals surface area contributed by atoms with Gasteiger partial charge in [-0.15, -0.1) is 0 Å². The van der Waals surface area contributed by atoms with Crippen LogP contribution in [0.25, 0.3) is 0 Å². The Kier molecular flexibility index (Phi) is 7.63. The molecule has 2 aromatic rings. The van der Waals surface area contributed by atoms with E-state index < -0.39 is 17.9 Å². The summed E-state index contributed by atoms with van der Waals surface area (Å²) in [6.45, 7) is 1.07. The van der Waals surface area contributed by atoms with Crippen LogP contribution >= 0.6 is 11.6 Å². The maximum atomic E-state index is 12.1. The molecule has 0 spiro atoms. The zero-order valence-electron chi connectivity index (χ0n) is 14.7. The van der Waals surface area contributed by atoms with Crippen molar-refractivity contribution in [1.29, 1.82) is 0 Å². The van der Waals surface area contributed by atoms with E-state index in [9.17, 15) is 14.4 Å². The predicted molar refractivity (Wildman–Crippen MR) is 101 cm³/mol. The summed E-state index contributed by atoms with van der Waals surface area (Å²) in [5.41, 5.74) is 5.36. The van der Waals surface area contributed by atoms with Crippen molar-refractivity contribution in [3.8, 4) is 5.75 Å². The number of hydrazine groups is 1. The van der Waals surface area contributed by atoms with Gasteiger partial charge in [0.25, 0.3) is 5.91 Å². The lowest BCUT2D eigenvalue weighted by Crippen LogP contribution is -2.45. The van der Waals surface area contributed by atoms with Crippen molar-refractivity contribution >= 4 is 29.3 Å². The number of amides is 3. The molecule has 7 nitrogen and oxygen atoms in total. The fourth-order valence-corrected chi connectivity index (χ4v) is 2.49. The Balaban J connectivity index is 1.82. The molecule has 0 aliphatic heterocycles. The molecule has 0 radical (unpaired) electrons. The van der Waals surface area contributed by atoms with Crippen LogP contribution in [0.2, 0.25) is 5.02 Å². The van der Waals surface area contributed by atoms with E-state index in [1.165, 1.54) is 6.92 Å². The standard InChI is InChI=1S/C19H20ClN3O4/c1-13(24)21-16(14-7-3-2-4-8-14)11-18(25)22-23-19(26)12-27-17-10-6-5-9-15(17)20/h2-10,16H,11-12H2,1H3,(H,21,24)(H,22,25)(H,23,26)/t16-/m1/s1. The molecule has 1 atom stereocenters. The van der Waals surface area contributed by atoms with Gasteiger partial charge in [0.1, 0.15) is 5.75 Å². The molecule has 8 heteroatoms. The van der Waals surface area contributed by atoms with Gasteiger partial charge in [-0.05, 0) is 17.7 Å². The van der Waals surface area contributed by atoms with Crippen LogP contribution in [0.4, 0.5) is 0 Å². The van der Waals surface area contributed by atoms with E-state index >= 15 is 0 Å². The number of carbonyl (C=O) groups excluding carboxylic acids is 3. The van der Waals surface area contributed by atoms with Crippen LogP contribution in [0.15, 0.2) is 54.6 Å². The molecule has 0 aromatic heterocycles. The number of rotatable bonds is 7. The highest BCUT2D eigenvalue weighted by atomic mass is 35.5. The van der Waals surface area contributed by atoms with Crippen LogP contribution in [0.5, 0.6) is 5.75 Å². The second kappa shape index (κ2) is 10.2. The van der Waals surface area contributed by atoms with Gasteiger partial charge in [0.2, 0.25) is 11.8 Å². The first-order chi connectivity index (χ1) is 13.0. The van der Waals surface area contributed by atoms with E-state index in [2.05, 4.69) is 16.2 Å². The zero-order chi connectivity index (χ0) is 19.6. The van der Waals surface area contributed by atoms with Crippen LogP contribution in [0, 0.1) is 0 Å². The Morgan fingerprint density at radius 3 is 2.26 bits per heavy atom. The minimum Gasteiger partial charge on any atom is -0.482 e.